The van der Waals surface area contributed by atoms with Crippen LogP contribution in [0.5, 0.6) is 5.75 Å². The van der Waals surface area contributed by atoms with E-state index in [4.69, 9.17) is 9.15 Å². The molecule has 0 fully saturated rings. The lowest BCUT2D eigenvalue weighted by molar-refractivity contribution is 0.201. The third-order valence-corrected chi connectivity index (χ3v) is 3.42. The molecule has 0 aliphatic heterocycles. The number of benzene rings is 2. The minimum Gasteiger partial charge on any atom is -0.486 e. The average Bonchev–Trinajstić information content (AvgIpc) is 2.53. The molecule has 3 heteroatoms. The summed E-state index contributed by atoms with van der Waals surface area (Å²) in [6, 6.07) is 18.8. The Labute approximate surface area is 122 Å². The van der Waals surface area contributed by atoms with Crippen molar-refractivity contribution in [3.8, 4) is 5.75 Å². The highest BCUT2D eigenvalue weighted by molar-refractivity contribution is 5.77. The summed E-state index contributed by atoms with van der Waals surface area (Å²) >= 11 is 0. The molecule has 1 unspecified atom stereocenters. The summed E-state index contributed by atoms with van der Waals surface area (Å²) in [6.07, 6.45) is 0.847. The summed E-state index contributed by atoms with van der Waals surface area (Å²) in [5.74, 6) is 0.701. The standard InChI is InChI=1S/C18H16O3/c1-2-16(13-6-4-3-5-7-13)20-15-10-8-14-9-11-18(19)21-17(14)12-15/h3-12,16H,2H2,1H3. The zero-order valence-electron chi connectivity index (χ0n) is 11.8. The van der Waals surface area contributed by atoms with Gasteiger partial charge in [0, 0.05) is 17.5 Å². The zero-order valence-corrected chi connectivity index (χ0v) is 11.8. The second-order valence-corrected chi connectivity index (χ2v) is 4.88. The molecule has 2 aromatic carbocycles. The Hall–Kier alpha value is -2.55. The third kappa shape index (κ3) is 2.97. The van der Waals surface area contributed by atoms with E-state index >= 15 is 0 Å². The first-order valence-electron chi connectivity index (χ1n) is 7.02. The van der Waals surface area contributed by atoms with Crippen molar-refractivity contribution in [2.24, 2.45) is 0 Å². The van der Waals surface area contributed by atoms with E-state index in [1.165, 1.54) is 6.07 Å². The molecule has 106 valence electrons. The lowest BCUT2D eigenvalue weighted by atomic mass is 10.1. The summed E-state index contributed by atoms with van der Waals surface area (Å²) in [4.78, 5) is 11.3. The van der Waals surface area contributed by atoms with E-state index < -0.39 is 0 Å². The molecule has 21 heavy (non-hydrogen) atoms. The quantitative estimate of drug-likeness (QED) is 0.668. The molecule has 3 aromatic rings. The van der Waals surface area contributed by atoms with Crippen molar-refractivity contribution < 1.29 is 9.15 Å². The predicted octanol–water partition coefficient (Wildman–Crippen LogP) is 4.32. The maximum Gasteiger partial charge on any atom is 0.336 e. The van der Waals surface area contributed by atoms with Crippen LogP contribution in [0.4, 0.5) is 0 Å². The van der Waals surface area contributed by atoms with Gasteiger partial charge < -0.3 is 9.15 Å². The summed E-state index contributed by atoms with van der Waals surface area (Å²) in [5.41, 5.74) is 1.33. The van der Waals surface area contributed by atoms with Crippen molar-refractivity contribution in [3.05, 3.63) is 76.6 Å². The molecule has 1 heterocycles. The fraction of sp³-hybridized carbons (Fsp3) is 0.167. The molecule has 0 aliphatic rings. The highest BCUT2D eigenvalue weighted by atomic mass is 16.5. The van der Waals surface area contributed by atoms with Gasteiger partial charge in [0.25, 0.3) is 0 Å². The van der Waals surface area contributed by atoms with Crippen LogP contribution in [0.15, 0.2) is 69.9 Å². The first-order chi connectivity index (χ1) is 10.3. The fourth-order valence-corrected chi connectivity index (χ4v) is 2.33. The molecule has 0 N–H and O–H groups in total. The number of ether oxygens (including phenoxy) is 1. The zero-order chi connectivity index (χ0) is 14.7. The van der Waals surface area contributed by atoms with Gasteiger partial charge in [-0.15, -0.1) is 0 Å². The Kier molecular flexibility index (Phi) is 3.73. The number of hydrogen-bond acceptors (Lipinski definition) is 3. The van der Waals surface area contributed by atoms with E-state index in [0.717, 1.165) is 17.4 Å². The maximum absolute atomic E-state index is 11.3. The molecule has 0 saturated heterocycles. The first kappa shape index (κ1) is 13.4. The van der Waals surface area contributed by atoms with Crippen LogP contribution in [-0.2, 0) is 0 Å². The lowest BCUT2D eigenvalue weighted by Gasteiger charge is -2.18. The molecular formula is C18H16O3. The molecule has 0 bridgehead atoms. The lowest BCUT2D eigenvalue weighted by Crippen LogP contribution is -2.06. The Morgan fingerprint density at radius 3 is 2.57 bits per heavy atom. The second-order valence-electron chi connectivity index (χ2n) is 4.88. The number of hydrogen-bond donors (Lipinski definition) is 0. The van der Waals surface area contributed by atoms with Gasteiger partial charge in [0.15, 0.2) is 0 Å². The van der Waals surface area contributed by atoms with Gasteiger partial charge in [-0.2, -0.15) is 0 Å². The van der Waals surface area contributed by atoms with E-state index in [1.807, 2.05) is 30.3 Å². The van der Waals surface area contributed by atoms with Gasteiger partial charge in [0.05, 0.1) is 0 Å². The summed E-state index contributed by atoms with van der Waals surface area (Å²) in [6.45, 7) is 2.08. The van der Waals surface area contributed by atoms with E-state index in [1.54, 1.807) is 12.1 Å². The van der Waals surface area contributed by atoms with Crippen LogP contribution in [0.1, 0.15) is 25.0 Å². The summed E-state index contributed by atoms with van der Waals surface area (Å²) < 4.78 is 11.2. The molecule has 0 aliphatic carbocycles. The number of rotatable bonds is 4. The molecule has 1 aromatic heterocycles. The Bertz CT molecular complexity index is 790. The van der Waals surface area contributed by atoms with Crippen molar-refractivity contribution in [1.29, 1.82) is 0 Å². The second kappa shape index (κ2) is 5.83. The van der Waals surface area contributed by atoms with Crippen LogP contribution in [0.3, 0.4) is 0 Å². The highest BCUT2D eigenvalue weighted by Crippen LogP contribution is 2.27. The van der Waals surface area contributed by atoms with Gasteiger partial charge in [0.1, 0.15) is 17.4 Å². The topological polar surface area (TPSA) is 39.4 Å². The Balaban J connectivity index is 1.91. The van der Waals surface area contributed by atoms with Crippen molar-refractivity contribution in [3.63, 3.8) is 0 Å². The number of fused-ring (bicyclic) bond motifs is 1. The van der Waals surface area contributed by atoms with Crippen molar-refractivity contribution in [1.82, 2.24) is 0 Å². The fourth-order valence-electron chi connectivity index (χ4n) is 2.33. The van der Waals surface area contributed by atoms with Crippen LogP contribution >= 0.6 is 0 Å². The van der Waals surface area contributed by atoms with Gasteiger partial charge in [0.2, 0.25) is 0 Å². The van der Waals surface area contributed by atoms with Crippen LogP contribution in [-0.4, -0.2) is 0 Å². The summed E-state index contributed by atoms with van der Waals surface area (Å²) in [5, 5.41) is 0.884. The third-order valence-electron chi connectivity index (χ3n) is 3.42. The molecule has 3 rings (SSSR count). The van der Waals surface area contributed by atoms with Crippen molar-refractivity contribution in [2.75, 3.05) is 0 Å². The maximum atomic E-state index is 11.3. The first-order valence-corrected chi connectivity index (χ1v) is 7.02. The molecule has 0 radical (unpaired) electrons. The van der Waals surface area contributed by atoms with Crippen LogP contribution < -0.4 is 10.4 Å². The SMILES string of the molecule is CCC(Oc1ccc2ccc(=O)oc2c1)c1ccccc1. The average molecular weight is 280 g/mol. The van der Waals surface area contributed by atoms with Crippen LogP contribution in [0.25, 0.3) is 11.0 Å². The van der Waals surface area contributed by atoms with E-state index in [-0.39, 0.29) is 11.7 Å². The van der Waals surface area contributed by atoms with Crippen molar-refractivity contribution >= 4 is 11.0 Å². The molecule has 0 saturated carbocycles. The van der Waals surface area contributed by atoms with Gasteiger partial charge in [-0.05, 0) is 30.2 Å². The summed E-state index contributed by atoms with van der Waals surface area (Å²) in [7, 11) is 0. The minimum absolute atomic E-state index is 0.0147. The molecular weight excluding hydrogens is 264 g/mol. The van der Waals surface area contributed by atoms with Gasteiger partial charge in [-0.3, -0.25) is 0 Å². The van der Waals surface area contributed by atoms with E-state index in [0.29, 0.717) is 11.3 Å². The Morgan fingerprint density at radius 2 is 1.81 bits per heavy atom. The predicted molar refractivity (Wildman–Crippen MR) is 82.6 cm³/mol. The monoisotopic (exact) mass is 280 g/mol. The van der Waals surface area contributed by atoms with E-state index in [9.17, 15) is 4.79 Å². The minimum atomic E-state index is -0.352. The normalized spacial score (nSPS) is 12.2. The van der Waals surface area contributed by atoms with Crippen LogP contribution in [0, 0.1) is 0 Å². The highest BCUT2D eigenvalue weighted by Gasteiger charge is 2.11. The Morgan fingerprint density at radius 1 is 1.05 bits per heavy atom. The molecule has 3 nitrogen and oxygen atoms in total. The largest absolute Gasteiger partial charge is 0.486 e. The van der Waals surface area contributed by atoms with Crippen LogP contribution in [0.2, 0.25) is 0 Å². The molecule has 0 amide bonds. The van der Waals surface area contributed by atoms with E-state index in [2.05, 4.69) is 19.1 Å². The van der Waals surface area contributed by atoms with Gasteiger partial charge >= 0.3 is 5.63 Å². The molecule has 1 atom stereocenters. The van der Waals surface area contributed by atoms with Gasteiger partial charge in [-0.1, -0.05) is 37.3 Å². The van der Waals surface area contributed by atoms with Gasteiger partial charge in [-0.25, -0.2) is 4.79 Å². The smallest absolute Gasteiger partial charge is 0.336 e. The van der Waals surface area contributed by atoms with Crippen molar-refractivity contribution in [2.45, 2.75) is 19.4 Å². The molecule has 0 spiro atoms.